The van der Waals surface area contributed by atoms with Crippen LogP contribution in [0.25, 0.3) is 16.9 Å². The summed E-state index contributed by atoms with van der Waals surface area (Å²) < 4.78 is 22.3. The molecule has 8 nitrogen and oxygen atoms in total. The number of aromatic hydroxyl groups is 1. The van der Waals surface area contributed by atoms with Crippen molar-refractivity contribution in [3.63, 3.8) is 0 Å². The summed E-state index contributed by atoms with van der Waals surface area (Å²) in [6.45, 7) is 2.66. The molecule has 3 fully saturated rings. The molecule has 2 aromatic heterocycles. The van der Waals surface area contributed by atoms with Crippen molar-refractivity contribution in [1.29, 1.82) is 0 Å². The van der Waals surface area contributed by atoms with Crippen LogP contribution < -0.4 is 10.1 Å². The third-order valence-corrected chi connectivity index (χ3v) is 6.01. The molecule has 3 aromatic rings. The number of piperidine rings is 2. The van der Waals surface area contributed by atoms with Gasteiger partial charge in [-0.2, -0.15) is 0 Å². The molecule has 1 aliphatic carbocycles. The van der Waals surface area contributed by atoms with Crippen LogP contribution in [-0.2, 0) is 0 Å². The number of phenolic OH excluding ortho intramolecular Hbond substituents is 1. The van der Waals surface area contributed by atoms with Crippen molar-refractivity contribution >= 4 is 0 Å². The predicted molar refractivity (Wildman–Crippen MR) is 102 cm³/mol. The van der Waals surface area contributed by atoms with Gasteiger partial charge in [0.1, 0.15) is 11.9 Å². The number of ether oxygens (including phenoxy) is 1. The Morgan fingerprint density at radius 3 is 2.83 bits per heavy atom. The maximum absolute atomic E-state index is 14.9. The number of halogens is 1. The average molecular weight is 396 g/mol. The number of phenols is 1. The van der Waals surface area contributed by atoms with Gasteiger partial charge in [-0.15, -0.1) is 15.3 Å². The molecule has 150 valence electrons. The fourth-order valence-corrected chi connectivity index (χ4v) is 4.20. The molecule has 4 atom stereocenters. The molecule has 2 bridgehead atoms. The number of nitrogens with one attached hydrogen (secondary N) is 1. The molecule has 9 heteroatoms. The van der Waals surface area contributed by atoms with E-state index >= 15 is 0 Å². The smallest absolute Gasteiger partial charge is 0.233 e. The Kier molecular flexibility index (Phi) is 4.20. The van der Waals surface area contributed by atoms with Crippen LogP contribution in [0.5, 0.6) is 11.6 Å². The second-order valence-electron chi connectivity index (χ2n) is 7.89. The van der Waals surface area contributed by atoms with Crippen LogP contribution in [0.1, 0.15) is 19.8 Å². The second-order valence-corrected chi connectivity index (χ2v) is 7.89. The van der Waals surface area contributed by atoms with Gasteiger partial charge in [0.05, 0.1) is 29.3 Å². The molecule has 1 aromatic carbocycles. The zero-order chi connectivity index (χ0) is 20.0. The Bertz CT molecular complexity index is 1000. The topological polar surface area (TPSA) is 98.0 Å². The number of alkyl halides is 1. The van der Waals surface area contributed by atoms with Gasteiger partial charge in [-0.25, -0.2) is 9.07 Å². The Morgan fingerprint density at radius 1 is 1.28 bits per heavy atom. The lowest BCUT2D eigenvalue weighted by Crippen LogP contribution is -2.68. The predicted octanol–water partition coefficient (Wildman–Crippen LogP) is 2.29. The van der Waals surface area contributed by atoms with Crippen molar-refractivity contribution < 1.29 is 14.2 Å². The molecule has 2 N–H and O–H groups in total. The molecular formula is C20H21FN6O2. The van der Waals surface area contributed by atoms with Crippen molar-refractivity contribution in [1.82, 2.24) is 30.5 Å². The molecule has 29 heavy (non-hydrogen) atoms. The van der Waals surface area contributed by atoms with E-state index in [0.29, 0.717) is 16.9 Å². The van der Waals surface area contributed by atoms with Crippen molar-refractivity contribution in [2.24, 2.45) is 5.92 Å². The summed E-state index contributed by atoms with van der Waals surface area (Å²) in [5, 5.41) is 29.6. The standard InChI is InChI=1S/C20H21FN6O2/c1-20-7-6-12(11-22-20)18(19(20)21)29-17-5-4-15(24-25-17)14-3-2-13(10-16(14)28)27-9-8-23-26-27/h2-5,8-10,12,18-19,22,28H,6-7,11H2,1H3/t12-,18+,19-,20-/m1/s1. The van der Waals surface area contributed by atoms with Crippen LogP contribution in [0, 0.1) is 5.92 Å². The minimum atomic E-state index is -1.09. The number of nitrogens with zero attached hydrogens (tertiary/aromatic N) is 5. The second kappa shape index (κ2) is 6.77. The minimum Gasteiger partial charge on any atom is -0.507 e. The van der Waals surface area contributed by atoms with Crippen LogP contribution >= 0.6 is 0 Å². The third-order valence-electron chi connectivity index (χ3n) is 6.01. The van der Waals surface area contributed by atoms with Crippen LogP contribution in [-0.4, -0.2) is 54.7 Å². The van der Waals surface area contributed by atoms with E-state index in [-0.39, 0.29) is 17.5 Å². The van der Waals surface area contributed by atoms with Crippen molar-refractivity contribution in [2.45, 2.75) is 37.6 Å². The van der Waals surface area contributed by atoms with E-state index in [1.54, 1.807) is 47.4 Å². The maximum Gasteiger partial charge on any atom is 0.233 e. The molecule has 2 saturated heterocycles. The highest BCUT2D eigenvalue weighted by Crippen LogP contribution is 2.40. The van der Waals surface area contributed by atoms with Gasteiger partial charge in [0, 0.05) is 30.2 Å². The largest absolute Gasteiger partial charge is 0.507 e. The SMILES string of the molecule is C[C@]12CC[C@H](CN1)[C@H](Oc1ccc(-c3ccc(-n4ccnn4)cc3O)nn1)[C@H]2F. The molecule has 0 spiro atoms. The first kappa shape index (κ1) is 18.0. The number of benzene rings is 1. The Labute approximate surface area is 166 Å². The number of rotatable bonds is 4. The lowest BCUT2D eigenvalue weighted by atomic mass is 9.70. The van der Waals surface area contributed by atoms with Crippen LogP contribution in [0.3, 0.4) is 0 Å². The fourth-order valence-electron chi connectivity index (χ4n) is 4.20. The highest BCUT2D eigenvalue weighted by atomic mass is 19.1. The Hall–Kier alpha value is -3.07. The van der Waals surface area contributed by atoms with Crippen LogP contribution in [0.2, 0.25) is 0 Å². The van der Waals surface area contributed by atoms with E-state index in [9.17, 15) is 9.50 Å². The van der Waals surface area contributed by atoms with E-state index < -0.39 is 17.8 Å². The van der Waals surface area contributed by atoms with E-state index in [4.69, 9.17) is 4.74 Å². The number of fused-ring (bicyclic) bond motifs is 3. The van der Waals surface area contributed by atoms with Gasteiger partial charge in [-0.1, -0.05) is 5.21 Å². The molecule has 2 aliphatic heterocycles. The number of aromatic nitrogens is 5. The van der Waals surface area contributed by atoms with E-state index in [2.05, 4.69) is 25.8 Å². The maximum atomic E-state index is 14.9. The first-order valence-electron chi connectivity index (χ1n) is 9.63. The fraction of sp³-hybridized carbons (Fsp3) is 0.400. The van der Waals surface area contributed by atoms with Crippen molar-refractivity contribution in [3.8, 4) is 28.6 Å². The average Bonchev–Trinajstić information content (AvgIpc) is 3.27. The zero-order valence-electron chi connectivity index (χ0n) is 15.9. The van der Waals surface area contributed by atoms with Gasteiger partial charge >= 0.3 is 0 Å². The van der Waals surface area contributed by atoms with Gasteiger partial charge in [0.2, 0.25) is 5.88 Å². The number of hydrogen-bond donors (Lipinski definition) is 2. The monoisotopic (exact) mass is 396 g/mol. The molecule has 1 saturated carbocycles. The Morgan fingerprint density at radius 2 is 2.17 bits per heavy atom. The summed E-state index contributed by atoms with van der Waals surface area (Å²) in [6.07, 6.45) is 3.38. The van der Waals surface area contributed by atoms with Gasteiger partial charge in [-0.05, 0) is 38.0 Å². The molecule has 4 heterocycles. The third kappa shape index (κ3) is 3.11. The normalized spacial score (nSPS) is 28.4. The number of hydrogen-bond acceptors (Lipinski definition) is 7. The van der Waals surface area contributed by atoms with Gasteiger partial charge in [-0.3, -0.25) is 0 Å². The zero-order valence-corrected chi connectivity index (χ0v) is 15.9. The van der Waals surface area contributed by atoms with E-state index in [0.717, 1.165) is 19.4 Å². The van der Waals surface area contributed by atoms with Crippen molar-refractivity contribution in [2.75, 3.05) is 6.54 Å². The summed E-state index contributed by atoms with van der Waals surface area (Å²) in [5.74, 6) is 0.464. The molecular weight excluding hydrogens is 375 g/mol. The Balaban J connectivity index is 1.34. The summed E-state index contributed by atoms with van der Waals surface area (Å²) in [4.78, 5) is 0. The van der Waals surface area contributed by atoms with E-state index in [1.807, 2.05) is 6.92 Å². The van der Waals surface area contributed by atoms with Gasteiger partial charge in [0.25, 0.3) is 0 Å². The lowest BCUT2D eigenvalue weighted by molar-refractivity contribution is -0.0729. The molecule has 0 unspecified atom stereocenters. The van der Waals surface area contributed by atoms with Gasteiger partial charge in [0.15, 0.2) is 6.17 Å². The summed E-state index contributed by atoms with van der Waals surface area (Å²) in [6, 6.07) is 8.49. The highest BCUT2D eigenvalue weighted by Gasteiger charge is 2.52. The first-order chi connectivity index (χ1) is 14.0. The van der Waals surface area contributed by atoms with Crippen LogP contribution in [0.4, 0.5) is 4.39 Å². The summed E-state index contributed by atoms with van der Waals surface area (Å²) >= 11 is 0. The summed E-state index contributed by atoms with van der Waals surface area (Å²) in [5.41, 5.74) is 1.17. The van der Waals surface area contributed by atoms with E-state index in [1.165, 1.54) is 0 Å². The molecule has 3 aliphatic rings. The van der Waals surface area contributed by atoms with Gasteiger partial charge < -0.3 is 15.2 Å². The molecule has 0 radical (unpaired) electrons. The highest BCUT2D eigenvalue weighted by molar-refractivity contribution is 5.68. The van der Waals surface area contributed by atoms with Crippen molar-refractivity contribution in [3.05, 3.63) is 42.7 Å². The quantitative estimate of drug-likeness (QED) is 0.698. The minimum absolute atomic E-state index is 0.0494. The lowest BCUT2D eigenvalue weighted by Gasteiger charge is -2.51. The molecule has 6 rings (SSSR count). The first-order valence-corrected chi connectivity index (χ1v) is 9.63. The van der Waals surface area contributed by atoms with Crippen LogP contribution in [0.15, 0.2) is 42.7 Å². The summed E-state index contributed by atoms with van der Waals surface area (Å²) in [7, 11) is 0. The molecule has 0 amide bonds.